The summed E-state index contributed by atoms with van der Waals surface area (Å²) in [7, 11) is 0. The highest BCUT2D eigenvalue weighted by atomic mass is 16.4. The topological polar surface area (TPSA) is 92.6 Å². The summed E-state index contributed by atoms with van der Waals surface area (Å²) in [4.78, 5) is 13.3. The molecule has 2 rings (SSSR count). The Morgan fingerprint density at radius 1 is 1.21 bits per heavy atom. The Morgan fingerprint density at radius 2 is 1.89 bits per heavy atom. The second-order valence-electron chi connectivity index (χ2n) is 5.92. The average Bonchev–Trinajstić information content (AvgIpc) is 2.40. The molecule has 0 spiro atoms. The van der Waals surface area contributed by atoms with Crippen molar-refractivity contribution in [2.75, 3.05) is 19.6 Å². The molecule has 1 fully saturated rings. The van der Waals surface area contributed by atoms with E-state index in [9.17, 15) is 4.79 Å². The molecule has 0 saturated heterocycles. The van der Waals surface area contributed by atoms with Gasteiger partial charge in [0.05, 0.1) is 5.92 Å². The summed E-state index contributed by atoms with van der Waals surface area (Å²) in [5, 5.41) is 8.97. The maximum atomic E-state index is 10.9. The predicted molar refractivity (Wildman–Crippen MR) is 74.2 cm³/mol. The average molecular weight is 267 g/mol. The Hall–Kier alpha value is -1.23. The first-order valence-electron chi connectivity index (χ1n) is 7.24. The fourth-order valence-electron chi connectivity index (χ4n) is 3.11. The van der Waals surface area contributed by atoms with Crippen LogP contribution in [0, 0.1) is 11.8 Å². The Balaban J connectivity index is 1.69. The number of carboxylic acids is 1. The van der Waals surface area contributed by atoms with Crippen molar-refractivity contribution in [3.63, 3.8) is 0 Å². The van der Waals surface area contributed by atoms with E-state index >= 15 is 0 Å². The van der Waals surface area contributed by atoms with Crippen LogP contribution in [0.4, 0.5) is 0 Å². The third-order valence-corrected chi connectivity index (χ3v) is 4.55. The van der Waals surface area contributed by atoms with Gasteiger partial charge >= 0.3 is 5.97 Å². The van der Waals surface area contributed by atoms with Crippen molar-refractivity contribution in [3.8, 4) is 0 Å². The molecule has 0 bridgehead atoms. The van der Waals surface area contributed by atoms with Crippen molar-refractivity contribution in [1.82, 2.24) is 4.90 Å². The molecular formula is C14H25N3O2. The highest BCUT2D eigenvalue weighted by Gasteiger charge is 2.26. The first kappa shape index (κ1) is 14.2. The van der Waals surface area contributed by atoms with E-state index in [0.717, 1.165) is 69.6 Å². The molecule has 2 aliphatic rings. The van der Waals surface area contributed by atoms with Crippen LogP contribution in [0.5, 0.6) is 0 Å². The number of hydrogen-bond donors (Lipinski definition) is 3. The van der Waals surface area contributed by atoms with Gasteiger partial charge in [-0.25, -0.2) is 0 Å². The van der Waals surface area contributed by atoms with Gasteiger partial charge in [0.2, 0.25) is 0 Å². The van der Waals surface area contributed by atoms with Crippen molar-refractivity contribution in [1.29, 1.82) is 0 Å². The predicted octanol–water partition coefficient (Wildman–Crippen LogP) is 1.10. The fourth-order valence-corrected chi connectivity index (χ4v) is 3.11. The molecule has 19 heavy (non-hydrogen) atoms. The van der Waals surface area contributed by atoms with Gasteiger partial charge in [-0.3, -0.25) is 9.69 Å². The summed E-state index contributed by atoms with van der Waals surface area (Å²) in [6, 6.07) is 0. The van der Waals surface area contributed by atoms with E-state index in [1.54, 1.807) is 0 Å². The van der Waals surface area contributed by atoms with Crippen LogP contribution in [-0.4, -0.2) is 35.6 Å². The summed E-state index contributed by atoms with van der Waals surface area (Å²) < 4.78 is 0. The molecule has 5 N–H and O–H groups in total. The lowest BCUT2D eigenvalue weighted by molar-refractivity contribution is -0.143. The minimum Gasteiger partial charge on any atom is -0.481 e. The number of carbonyl (C=O) groups is 1. The lowest BCUT2D eigenvalue weighted by atomic mass is 9.80. The summed E-state index contributed by atoms with van der Waals surface area (Å²) in [6.07, 6.45) is 5.82. The Bertz CT molecular complexity index is 360. The van der Waals surface area contributed by atoms with Crippen LogP contribution in [0.3, 0.4) is 0 Å². The number of hydrogen-bond acceptors (Lipinski definition) is 4. The molecule has 5 heteroatoms. The Morgan fingerprint density at radius 3 is 2.47 bits per heavy atom. The van der Waals surface area contributed by atoms with Crippen LogP contribution >= 0.6 is 0 Å². The highest BCUT2D eigenvalue weighted by molar-refractivity contribution is 5.69. The lowest BCUT2D eigenvalue weighted by Gasteiger charge is -2.31. The van der Waals surface area contributed by atoms with E-state index < -0.39 is 5.97 Å². The maximum Gasteiger partial charge on any atom is 0.306 e. The van der Waals surface area contributed by atoms with E-state index in [0.29, 0.717) is 5.92 Å². The summed E-state index contributed by atoms with van der Waals surface area (Å²) in [5.74, 6) is -0.0486. The van der Waals surface area contributed by atoms with Gasteiger partial charge in [-0.05, 0) is 44.6 Å². The second-order valence-corrected chi connectivity index (χ2v) is 5.92. The zero-order chi connectivity index (χ0) is 13.8. The Kier molecular flexibility index (Phi) is 4.69. The SMILES string of the molecule is NC1=C(N)CN(CCC2CCC(C(=O)O)CC2)CC1. The minimum absolute atomic E-state index is 0.107. The molecular weight excluding hydrogens is 242 g/mol. The molecule has 1 aliphatic carbocycles. The normalized spacial score (nSPS) is 29.5. The van der Waals surface area contributed by atoms with E-state index in [1.165, 1.54) is 0 Å². The molecule has 108 valence electrons. The second kappa shape index (κ2) is 6.28. The summed E-state index contributed by atoms with van der Waals surface area (Å²) in [6.45, 7) is 2.84. The van der Waals surface area contributed by atoms with Gasteiger partial charge in [-0.1, -0.05) is 0 Å². The monoisotopic (exact) mass is 267 g/mol. The van der Waals surface area contributed by atoms with Crippen molar-refractivity contribution in [3.05, 3.63) is 11.4 Å². The molecule has 0 radical (unpaired) electrons. The minimum atomic E-state index is -0.622. The van der Waals surface area contributed by atoms with Crippen LogP contribution in [0.15, 0.2) is 11.4 Å². The zero-order valence-electron chi connectivity index (χ0n) is 11.5. The first-order chi connectivity index (χ1) is 9.06. The summed E-state index contributed by atoms with van der Waals surface area (Å²) in [5.41, 5.74) is 13.3. The number of aliphatic carboxylic acids is 1. The largest absolute Gasteiger partial charge is 0.481 e. The van der Waals surface area contributed by atoms with Crippen molar-refractivity contribution in [2.24, 2.45) is 23.3 Å². The van der Waals surface area contributed by atoms with Crippen molar-refractivity contribution in [2.45, 2.75) is 38.5 Å². The van der Waals surface area contributed by atoms with Crippen LogP contribution in [0.25, 0.3) is 0 Å². The Labute approximate surface area is 114 Å². The molecule has 1 aliphatic heterocycles. The van der Waals surface area contributed by atoms with Crippen LogP contribution in [0.2, 0.25) is 0 Å². The van der Waals surface area contributed by atoms with Gasteiger partial charge in [0.1, 0.15) is 0 Å². The smallest absolute Gasteiger partial charge is 0.306 e. The molecule has 1 saturated carbocycles. The molecule has 0 amide bonds. The van der Waals surface area contributed by atoms with Gasteiger partial charge < -0.3 is 16.6 Å². The van der Waals surface area contributed by atoms with Gasteiger partial charge in [0.25, 0.3) is 0 Å². The van der Waals surface area contributed by atoms with Gasteiger partial charge in [-0.2, -0.15) is 0 Å². The maximum absolute atomic E-state index is 10.9. The van der Waals surface area contributed by atoms with Crippen LogP contribution < -0.4 is 11.5 Å². The summed E-state index contributed by atoms with van der Waals surface area (Å²) >= 11 is 0. The van der Waals surface area contributed by atoms with Gasteiger partial charge in [0.15, 0.2) is 0 Å². The van der Waals surface area contributed by atoms with E-state index in [2.05, 4.69) is 4.90 Å². The van der Waals surface area contributed by atoms with Crippen LogP contribution in [0.1, 0.15) is 38.5 Å². The highest BCUT2D eigenvalue weighted by Crippen LogP contribution is 2.31. The molecule has 1 heterocycles. The first-order valence-corrected chi connectivity index (χ1v) is 7.24. The van der Waals surface area contributed by atoms with Crippen molar-refractivity contribution >= 4 is 5.97 Å². The standard InChI is InChI=1S/C14H25N3O2/c15-12-6-8-17(9-13(12)16)7-5-10-1-3-11(4-2-10)14(18)19/h10-11H,1-9,15-16H2,(H,18,19). The van der Waals surface area contributed by atoms with Gasteiger partial charge in [-0.15, -0.1) is 0 Å². The molecule has 0 unspecified atom stereocenters. The molecule has 0 atom stereocenters. The number of carboxylic acid groups (broad SMARTS) is 1. The van der Waals surface area contributed by atoms with Crippen molar-refractivity contribution < 1.29 is 9.90 Å². The third kappa shape index (κ3) is 3.86. The van der Waals surface area contributed by atoms with E-state index in [4.69, 9.17) is 16.6 Å². The van der Waals surface area contributed by atoms with E-state index in [-0.39, 0.29) is 5.92 Å². The molecule has 5 nitrogen and oxygen atoms in total. The lowest BCUT2D eigenvalue weighted by Crippen LogP contribution is -2.37. The number of nitrogens with zero attached hydrogens (tertiary/aromatic N) is 1. The molecule has 0 aromatic carbocycles. The molecule has 0 aromatic heterocycles. The molecule has 0 aromatic rings. The van der Waals surface area contributed by atoms with Gasteiger partial charge in [0, 0.05) is 30.9 Å². The van der Waals surface area contributed by atoms with Crippen LogP contribution in [-0.2, 0) is 4.79 Å². The third-order valence-electron chi connectivity index (χ3n) is 4.55. The number of nitrogens with two attached hydrogens (primary N) is 2. The van der Waals surface area contributed by atoms with E-state index in [1.807, 2.05) is 0 Å². The quantitative estimate of drug-likeness (QED) is 0.709. The fraction of sp³-hybridized carbons (Fsp3) is 0.786. The number of rotatable bonds is 4. The zero-order valence-corrected chi connectivity index (χ0v) is 11.5.